The fourth-order valence-electron chi connectivity index (χ4n) is 2.95. The van der Waals surface area contributed by atoms with Crippen molar-refractivity contribution in [3.63, 3.8) is 0 Å². The lowest BCUT2D eigenvalue weighted by atomic mass is 10.0. The van der Waals surface area contributed by atoms with Gasteiger partial charge < -0.3 is 15.3 Å². The van der Waals surface area contributed by atoms with Crippen molar-refractivity contribution >= 4 is 17.8 Å². The molecule has 2 atom stereocenters. The fourth-order valence-corrected chi connectivity index (χ4v) is 2.95. The van der Waals surface area contributed by atoms with Crippen LogP contribution in [0.25, 0.3) is 0 Å². The molecule has 1 aromatic rings. The van der Waals surface area contributed by atoms with Gasteiger partial charge in [0.1, 0.15) is 6.04 Å². The molecule has 0 radical (unpaired) electrons. The SMILES string of the molecule is CC(C)[C@@H](NC(=O)C1CC(=O)N(Cc2cccc(C(F)(F)F)c2)C1)C(=O)O. The van der Waals surface area contributed by atoms with Crippen LogP contribution in [-0.4, -0.2) is 40.4 Å². The summed E-state index contributed by atoms with van der Waals surface area (Å²) in [7, 11) is 0. The molecule has 2 amide bonds. The smallest absolute Gasteiger partial charge is 0.416 e. The van der Waals surface area contributed by atoms with Crippen molar-refractivity contribution < 1.29 is 32.7 Å². The minimum Gasteiger partial charge on any atom is -0.480 e. The summed E-state index contributed by atoms with van der Waals surface area (Å²) in [5, 5.41) is 11.6. The van der Waals surface area contributed by atoms with Gasteiger partial charge in [0.2, 0.25) is 11.8 Å². The monoisotopic (exact) mass is 386 g/mol. The molecule has 2 N–H and O–H groups in total. The van der Waals surface area contributed by atoms with Gasteiger partial charge in [0, 0.05) is 19.5 Å². The number of benzene rings is 1. The number of halogens is 3. The van der Waals surface area contributed by atoms with Gasteiger partial charge in [0.15, 0.2) is 0 Å². The molecule has 0 aliphatic carbocycles. The van der Waals surface area contributed by atoms with Gasteiger partial charge >= 0.3 is 12.1 Å². The van der Waals surface area contributed by atoms with Crippen LogP contribution >= 0.6 is 0 Å². The van der Waals surface area contributed by atoms with Gasteiger partial charge in [-0.1, -0.05) is 26.0 Å². The second kappa shape index (κ2) is 7.98. The lowest BCUT2D eigenvalue weighted by molar-refractivity contribution is -0.143. The predicted molar refractivity (Wildman–Crippen MR) is 89.4 cm³/mol. The molecule has 9 heteroatoms. The van der Waals surface area contributed by atoms with Crippen molar-refractivity contribution in [1.29, 1.82) is 0 Å². The summed E-state index contributed by atoms with van der Waals surface area (Å²) in [5.74, 6) is -3.13. The number of carboxylic acid groups (broad SMARTS) is 1. The molecule has 0 spiro atoms. The second-order valence-corrected chi connectivity index (χ2v) is 6.94. The van der Waals surface area contributed by atoms with Crippen molar-refractivity contribution in [1.82, 2.24) is 10.2 Å². The molecule has 1 heterocycles. The van der Waals surface area contributed by atoms with Gasteiger partial charge in [-0.15, -0.1) is 0 Å². The summed E-state index contributed by atoms with van der Waals surface area (Å²) in [6.07, 6.45) is -4.58. The van der Waals surface area contributed by atoms with E-state index in [2.05, 4.69) is 5.32 Å². The van der Waals surface area contributed by atoms with Crippen LogP contribution in [0.3, 0.4) is 0 Å². The average molecular weight is 386 g/mol. The molecular weight excluding hydrogens is 365 g/mol. The first-order valence-corrected chi connectivity index (χ1v) is 8.46. The Morgan fingerprint density at radius 2 is 2.00 bits per heavy atom. The zero-order chi connectivity index (χ0) is 20.4. The highest BCUT2D eigenvalue weighted by Crippen LogP contribution is 2.30. The van der Waals surface area contributed by atoms with Crippen molar-refractivity contribution in [2.24, 2.45) is 11.8 Å². The fraction of sp³-hybridized carbons (Fsp3) is 0.500. The molecule has 0 aromatic heterocycles. The first-order chi connectivity index (χ1) is 12.5. The first kappa shape index (κ1) is 20.7. The number of rotatable bonds is 6. The van der Waals surface area contributed by atoms with Crippen LogP contribution in [0.15, 0.2) is 24.3 Å². The van der Waals surface area contributed by atoms with E-state index >= 15 is 0 Å². The van der Waals surface area contributed by atoms with Gasteiger partial charge in [-0.25, -0.2) is 4.79 Å². The Hall–Kier alpha value is -2.58. The first-order valence-electron chi connectivity index (χ1n) is 8.46. The number of carbonyl (C=O) groups excluding carboxylic acids is 2. The second-order valence-electron chi connectivity index (χ2n) is 6.94. The van der Waals surface area contributed by atoms with Crippen LogP contribution in [0, 0.1) is 11.8 Å². The molecule has 6 nitrogen and oxygen atoms in total. The number of amides is 2. The summed E-state index contributed by atoms with van der Waals surface area (Å²) in [5.41, 5.74) is -0.494. The van der Waals surface area contributed by atoms with Crippen molar-refractivity contribution in [3.8, 4) is 0 Å². The Morgan fingerprint density at radius 1 is 1.33 bits per heavy atom. The van der Waals surface area contributed by atoms with Gasteiger partial charge in [0.25, 0.3) is 0 Å². The third kappa shape index (κ3) is 5.21. The van der Waals surface area contributed by atoms with Crippen LogP contribution in [0.2, 0.25) is 0 Å². The predicted octanol–water partition coefficient (Wildman–Crippen LogP) is 2.28. The van der Waals surface area contributed by atoms with Gasteiger partial charge in [0.05, 0.1) is 11.5 Å². The van der Waals surface area contributed by atoms with Gasteiger partial charge in [-0.2, -0.15) is 13.2 Å². The maximum Gasteiger partial charge on any atom is 0.416 e. The van der Waals surface area contributed by atoms with E-state index in [0.717, 1.165) is 12.1 Å². The maximum absolute atomic E-state index is 12.8. The van der Waals surface area contributed by atoms with Crippen LogP contribution in [0.5, 0.6) is 0 Å². The summed E-state index contributed by atoms with van der Waals surface area (Å²) in [6, 6.07) is 3.60. The van der Waals surface area contributed by atoms with E-state index in [1.165, 1.54) is 17.0 Å². The Bertz CT molecular complexity index is 734. The summed E-state index contributed by atoms with van der Waals surface area (Å²) in [4.78, 5) is 36.9. The molecule has 148 valence electrons. The van der Waals surface area contributed by atoms with E-state index in [-0.39, 0.29) is 31.3 Å². The van der Waals surface area contributed by atoms with E-state index in [1.807, 2.05) is 0 Å². The molecule has 1 aliphatic rings. The molecule has 0 saturated carbocycles. The molecule has 1 unspecified atom stereocenters. The van der Waals surface area contributed by atoms with Crippen molar-refractivity contribution in [2.75, 3.05) is 6.54 Å². The lowest BCUT2D eigenvalue weighted by Crippen LogP contribution is -2.47. The highest BCUT2D eigenvalue weighted by Gasteiger charge is 2.37. The number of nitrogens with zero attached hydrogens (tertiary/aromatic N) is 1. The number of hydrogen-bond acceptors (Lipinski definition) is 3. The molecule has 0 bridgehead atoms. The molecular formula is C18H21F3N2O4. The number of carboxylic acids is 1. The van der Waals surface area contributed by atoms with Gasteiger partial charge in [-0.3, -0.25) is 9.59 Å². The minimum atomic E-state index is -4.48. The van der Waals surface area contributed by atoms with Crippen LogP contribution in [0.4, 0.5) is 13.2 Å². The summed E-state index contributed by atoms with van der Waals surface area (Å²) < 4.78 is 38.4. The Labute approximate surface area is 154 Å². The molecule has 1 fully saturated rings. The van der Waals surface area contributed by atoms with Crippen LogP contribution in [0.1, 0.15) is 31.4 Å². The van der Waals surface area contributed by atoms with E-state index < -0.39 is 35.6 Å². The number of aliphatic carboxylic acids is 1. The van der Waals surface area contributed by atoms with Crippen LogP contribution < -0.4 is 5.32 Å². The zero-order valence-electron chi connectivity index (χ0n) is 14.9. The van der Waals surface area contributed by atoms with E-state index in [0.29, 0.717) is 5.56 Å². The normalized spacial score (nSPS) is 18.7. The van der Waals surface area contributed by atoms with Crippen LogP contribution in [-0.2, 0) is 27.1 Å². The molecule has 2 rings (SSSR count). The molecule has 1 aliphatic heterocycles. The lowest BCUT2D eigenvalue weighted by Gasteiger charge is -2.21. The number of alkyl halides is 3. The highest BCUT2D eigenvalue weighted by atomic mass is 19.4. The summed E-state index contributed by atoms with van der Waals surface area (Å²) in [6.45, 7) is 3.29. The topological polar surface area (TPSA) is 86.7 Å². The quantitative estimate of drug-likeness (QED) is 0.785. The third-order valence-electron chi connectivity index (χ3n) is 4.44. The third-order valence-corrected chi connectivity index (χ3v) is 4.44. The van der Waals surface area contributed by atoms with E-state index in [4.69, 9.17) is 5.11 Å². The number of carbonyl (C=O) groups is 3. The molecule has 27 heavy (non-hydrogen) atoms. The Balaban J connectivity index is 2.03. The largest absolute Gasteiger partial charge is 0.480 e. The zero-order valence-corrected chi connectivity index (χ0v) is 14.9. The van der Waals surface area contributed by atoms with Crippen molar-refractivity contribution in [2.45, 2.75) is 39.0 Å². The molecule has 1 saturated heterocycles. The summed E-state index contributed by atoms with van der Waals surface area (Å²) >= 11 is 0. The maximum atomic E-state index is 12.8. The van der Waals surface area contributed by atoms with Gasteiger partial charge in [-0.05, 0) is 23.6 Å². The molecule has 1 aromatic carbocycles. The highest BCUT2D eigenvalue weighted by molar-refractivity contribution is 5.91. The Morgan fingerprint density at radius 3 is 2.56 bits per heavy atom. The average Bonchev–Trinajstić information content (AvgIpc) is 2.92. The van der Waals surface area contributed by atoms with E-state index in [1.54, 1.807) is 13.8 Å². The van der Waals surface area contributed by atoms with E-state index in [9.17, 15) is 27.6 Å². The minimum absolute atomic E-state index is 0.0331. The standard InChI is InChI=1S/C18H21F3N2O4/c1-10(2)15(17(26)27)22-16(25)12-7-14(24)23(9-12)8-11-4-3-5-13(6-11)18(19,20)21/h3-6,10,12,15H,7-9H2,1-2H3,(H,22,25)(H,26,27)/t12?,15-/m1/s1. The number of nitrogens with one attached hydrogen (secondary N) is 1. The number of hydrogen-bond donors (Lipinski definition) is 2. The Kier molecular flexibility index (Phi) is 6.12. The number of likely N-dealkylation sites (tertiary alicyclic amines) is 1. The van der Waals surface area contributed by atoms with Crippen molar-refractivity contribution in [3.05, 3.63) is 35.4 Å².